The van der Waals surface area contributed by atoms with E-state index in [2.05, 4.69) is 10.1 Å². The van der Waals surface area contributed by atoms with Crippen LogP contribution in [-0.2, 0) is 16.0 Å². The highest BCUT2D eigenvalue weighted by molar-refractivity contribution is 5.94. The number of furan rings is 1. The Morgan fingerprint density at radius 1 is 1.00 bits per heavy atom. The summed E-state index contributed by atoms with van der Waals surface area (Å²) in [5.41, 5.74) is 1.95. The molecule has 3 rings (SSSR count). The first-order chi connectivity index (χ1) is 12.7. The van der Waals surface area contributed by atoms with Crippen LogP contribution >= 0.6 is 0 Å². The van der Waals surface area contributed by atoms with Crippen molar-refractivity contribution in [3.8, 4) is 11.3 Å². The Labute approximate surface area is 151 Å². The highest BCUT2D eigenvalue weighted by atomic mass is 16.5. The van der Waals surface area contributed by atoms with Crippen LogP contribution in [0.3, 0.4) is 0 Å². The molecule has 5 nitrogen and oxygen atoms in total. The van der Waals surface area contributed by atoms with Gasteiger partial charge in [0.1, 0.15) is 11.5 Å². The Balaban J connectivity index is 1.56. The summed E-state index contributed by atoms with van der Waals surface area (Å²) < 4.78 is 10.5. The van der Waals surface area contributed by atoms with Crippen molar-refractivity contribution >= 4 is 17.6 Å². The summed E-state index contributed by atoms with van der Waals surface area (Å²) in [6, 6.07) is 20.2. The molecule has 0 fully saturated rings. The Hall–Kier alpha value is -3.34. The van der Waals surface area contributed by atoms with Crippen LogP contribution in [0.2, 0.25) is 0 Å². The molecule has 0 saturated carbocycles. The molecule has 26 heavy (non-hydrogen) atoms. The molecule has 0 aliphatic heterocycles. The van der Waals surface area contributed by atoms with Crippen LogP contribution in [0.4, 0.5) is 5.69 Å². The van der Waals surface area contributed by atoms with Gasteiger partial charge in [-0.25, -0.2) is 4.79 Å². The fourth-order valence-electron chi connectivity index (χ4n) is 2.57. The van der Waals surface area contributed by atoms with Gasteiger partial charge in [-0.15, -0.1) is 0 Å². The number of amides is 1. The molecule has 1 aromatic heterocycles. The van der Waals surface area contributed by atoms with E-state index in [1.54, 1.807) is 24.3 Å². The van der Waals surface area contributed by atoms with Gasteiger partial charge in [0.05, 0.1) is 12.7 Å². The Bertz CT molecular complexity index is 899. The van der Waals surface area contributed by atoms with E-state index < -0.39 is 5.97 Å². The van der Waals surface area contributed by atoms with Crippen molar-refractivity contribution in [2.75, 3.05) is 12.4 Å². The largest absolute Gasteiger partial charge is 0.465 e. The number of benzene rings is 2. The molecular formula is C21H19NO4. The number of hydrogen-bond acceptors (Lipinski definition) is 4. The monoisotopic (exact) mass is 349 g/mol. The molecule has 0 atom stereocenters. The standard InChI is InChI=1S/C21H19NO4/c1-25-21(24)16-8-5-9-17(14-16)22-20(23)13-11-18-10-12-19(26-18)15-6-3-2-4-7-15/h2-10,12,14H,11,13H2,1H3,(H,22,23). The number of aryl methyl sites for hydroxylation is 1. The number of ether oxygens (including phenoxy) is 1. The normalized spacial score (nSPS) is 10.3. The highest BCUT2D eigenvalue weighted by Gasteiger charge is 2.10. The van der Waals surface area contributed by atoms with Gasteiger partial charge in [0, 0.05) is 24.1 Å². The zero-order chi connectivity index (χ0) is 18.4. The van der Waals surface area contributed by atoms with E-state index in [9.17, 15) is 9.59 Å². The van der Waals surface area contributed by atoms with E-state index in [0.29, 0.717) is 17.7 Å². The summed E-state index contributed by atoms with van der Waals surface area (Å²) in [7, 11) is 1.32. The maximum atomic E-state index is 12.1. The number of methoxy groups -OCH3 is 1. The molecule has 1 heterocycles. The summed E-state index contributed by atoms with van der Waals surface area (Å²) >= 11 is 0. The highest BCUT2D eigenvalue weighted by Crippen LogP contribution is 2.22. The minimum atomic E-state index is -0.440. The van der Waals surface area contributed by atoms with E-state index in [-0.39, 0.29) is 12.3 Å². The van der Waals surface area contributed by atoms with Gasteiger partial charge >= 0.3 is 5.97 Å². The predicted octanol–water partition coefficient (Wildman–Crippen LogP) is 4.30. The second-order valence-corrected chi connectivity index (χ2v) is 5.75. The first-order valence-corrected chi connectivity index (χ1v) is 8.28. The minimum absolute atomic E-state index is 0.148. The summed E-state index contributed by atoms with van der Waals surface area (Å²) in [6.07, 6.45) is 0.777. The fraction of sp³-hybridized carbons (Fsp3) is 0.143. The predicted molar refractivity (Wildman–Crippen MR) is 98.9 cm³/mol. The van der Waals surface area contributed by atoms with E-state index in [1.807, 2.05) is 42.5 Å². The lowest BCUT2D eigenvalue weighted by Gasteiger charge is -2.06. The zero-order valence-corrected chi connectivity index (χ0v) is 14.4. The van der Waals surface area contributed by atoms with Crippen LogP contribution in [-0.4, -0.2) is 19.0 Å². The molecule has 3 aromatic rings. The van der Waals surface area contributed by atoms with Crippen LogP contribution in [0.25, 0.3) is 11.3 Å². The second kappa shape index (κ2) is 8.16. The first-order valence-electron chi connectivity index (χ1n) is 8.28. The van der Waals surface area contributed by atoms with Crippen LogP contribution in [0.5, 0.6) is 0 Å². The minimum Gasteiger partial charge on any atom is -0.465 e. The third-order valence-corrected chi connectivity index (χ3v) is 3.89. The lowest BCUT2D eigenvalue weighted by atomic mass is 10.2. The Morgan fingerprint density at radius 3 is 2.58 bits per heavy atom. The molecule has 0 aliphatic carbocycles. The topological polar surface area (TPSA) is 68.5 Å². The Kier molecular flexibility index (Phi) is 5.49. The zero-order valence-electron chi connectivity index (χ0n) is 14.4. The van der Waals surface area contributed by atoms with Crippen molar-refractivity contribution in [1.82, 2.24) is 0 Å². The number of carbonyl (C=O) groups excluding carboxylic acids is 2. The lowest BCUT2D eigenvalue weighted by Crippen LogP contribution is -2.12. The van der Waals surface area contributed by atoms with Crippen molar-refractivity contribution in [1.29, 1.82) is 0 Å². The molecular weight excluding hydrogens is 330 g/mol. The van der Waals surface area contributed by atoms with Crippen molar-refractivity contribution in [3.63, 3.8) is 0 Å². The van der Waals surface area contributed by atoms with Gasteiger partial charge in [-0.1, -0.05) is 36.4 Å². The molecule has 0 aliphatic rings. The van der Waals surface area contributed by atoms with Crippen molar-refractivity contribution in [2.24, 2.45) is 0 Å². The number of esters is 1. The number of hydrogen-bond donors (Lipinski definition) is 1. The number of rotatable bonds is 6. The van der Waals surface area contributed by atoms with Gasteiger partial charge in [-0.3, -0.25) is 4.79 Å². The van der Waals surface area contributed by atoms with Gasteiger partial charge in [-0.05, 0) is 30.3 Å². The van der Waals surface area contributed by atoms with Gasteiger partial charge in [-0.2, -0.15) is 0 Å². The number of anilines is 1. The summed E-state index contributed by atoms with van der Waals surface area (Å²) in [6.45, 7) is 0. The second-order valence-electron chi connectivity index (χ2n) is 5.75. The molecule has 1 N–H and O–H groups in total. The van der Waals surface area contributed by atoms with Crippen molar-refractivity contribution in [3.05, 3.63) is 78.1 Å². The average molecular weight is 349 g/mol. The average Bonchev–Trinajstić information content (AvgIpc) is 3.16. The molecule has 132 valence electrons. The van der Waals surface area contributed by atoms with Gasteiger partial charge in [0.15, 0.2) is 0 Å². The van der Waals surface area contributed by atoms with Crippen LogP contribution in [0, 0.1) is 0 Å². The third-order valence-electron chi connectivity index (χ3n) is 3.89. The molecule has 0 radical (unpaired) electrons. The molecule has 2 aromatic carbocycles. The quantitative estimate of drug-likeness (QED) is 0.674. The molecule has 1 amide bonds. The maximum absolute atomic E-state index is 12.1. The fourth-order valence-corrected chi connectivity index (χ4v) is 2.57. The number of nitrogens with one attached hydrogen (secondary N) is 1. The summed E-state index contributed by atoms with van der Waals surface area (Å²) in [4.78, 5) is 23.7. The van der Waals surface area contributed by atoms with Crippen LogP contribution in [0.1, 0.15) is 22.5 Å². The maximum Gasteiger partial charge on any atom is 0.337 e. The van der Waals surface area contributed by atoms with Crippen LogP contribution < -0.4 is 5.32 Å². The first kappa shape index (κ1) is 17.5. The molecule has 0 bridgehead atoms. The van der Waals surface area contributed by atoms with Crippen molar-refractivity contribution < 1.29 is 18.7 Å². The molecule has 0 spiro atoms. The Morgan fingerprint density at radius 2 is 1.81 bits per heavy atom. The van der Waals surface area contributed by atoms with E-state index in [0.717, 1.165) is 17.1 Å². The van der Waals surface area contributed by atoms with Gasteiger partial charge in [0.2, 0.25) is 5.91 Å². The third kappa shape index (κ3) is 4.39. The molecule has 0 unspecified atom stereocenters. The van der Waals surface area contributed by atoms with Crippen molar-refractivity contribution in [2.45, 2.75) is 12.8 Å². The SMILES string of the molecule is COC(=O)c1cccc(NC(=O)CCc2ccc(-c3ccccc3)o2)c1. The van der Waals surface area contributed by atoms with E-state index in [1.165, 1.54) is 7.11 Å². The summed E-state index contributed by atoms with van der Waals surface area (Å²) in [5.74, 6) is 0.948. The molecule has 0 saturated heterocycles. The molecule has 5 heteroatoms. The lowest BCUT2D eigenvalue weighted by molar-refractivity contribution is -0.116. The van der Waals surface area contributed by atoms with E-state index >= 15 is 0 Å². The van der Waals surface area contributed by atoms with Gasteiger partial charge < -0.3 is 14.5 Å². The summed E-state index contributed by atoms with van der Waals surface area (Å²) in [5, 5.41) is 2.78. The number of carbonyl (C=O) groups is 2. The van der Waals surface area contributed by atoms with Crippen LogP contribution in [0.15, 0.2) is 71.1 Å². The smallest absolute Gasteiger partial charge is 0.337 e. The van der Waals surface area contributed by atoms with E-state index in [4.69, 9.17) is 4.42 Å². The van der Waals surface area contributed by atoms with Gasteiger partial charge in [0.25, 0.3) is 0 Å².